The second-order valence-corrected chi connectivity index (χ2v) is 5.78. The van der Waals surface area contributed by atoms with Gasteiger partial charge in [-0.15, -0.1) is 0 Å². The molecule has 3 fully saturated rings. The van der Waals surface area contributed by atoms with Crippen LogP contribution in [0.5, 0.6) is 0 Å². The van der Waals surface area contributed by atoms with Gasteiger partial charge in [-0.25, -0.2) is 4.79 Å². The highest BCUT2D eigenvalue weighted by atomic mass is 16.5. The lowest BCUT2D eigenvalue weighted by atomic mass is 9.74. The van der Waals surface area contributed by atoms with Crippen LogP contribution in [0.3, 0.4) is 0 Å². The first kappa shape index (κ1) is 11.3. The Morgan fingerprint density at radius 3 is 2.88 bits per heavy atom. The number of hydrogen-bond donors (Lipinski definition) is 0. The number of fused-ring (bicyclic) bond motifs is 5. The van der Waals surface area contributed by atoms with E-state index in [0.29, 0.717) is 23.9 Å². The molecule has 3 aliphatic rings. The predicted molar refractivity (Wildman–Crippen MR) is 63.3 cm³/mol. The highest BCUT2D eigenvalue weighted by Gasteiger charge is 2.55. The van der Waals surface area contributed by atoms with Crippen LogP contribution in [0.15, 0.2) is 12.7 Å². The fraction of sp³-hybridized carbons (Fsp3) is 0.786. The van der Waals surface area contributed by atoms with Crippen LogP contribution in [-0.2, 0) is 14.3 Å². The monoisotopic (exact) mass is 236 g/mol. The summed E-state index contributed by atoms with van der Waals surface area (Å²) in [6.07, 6.45) is 5.16. The number of carbonyl (C=O) groups excluding carboxylic acids is 1. The molecule has 2 bridgehead atoms. The molecule has 0 aromatic carbocycles. The minimum atomic E-state index is -0.265. The molecule has 2 saturated carbocycles. The minimum absolute atomic E-state index is 0.136. The summed E-state index contributed by atoms with van der Waals surface area (Å²) in [4.78, 5) is 11.3. The second-order valence-electron chi connectivity index (χ2n) is 5.78. The van der Waals surface area contributed by atoms with Gasteiger partial charge in [0.2, 0.25) is 0 Å². The zero-order chi connectivity index (χ0) is 12.0. The Kier molecular flexibility index (Phi) is 2.74. The Hall–Kier alpha value is -0.830. The van der Waals surface area contributed by atoms with Crippen LogP contribution in [0.2, 0.25) is 0 Å². The first-order chi connectivity index (χ1) is 8.19. The molecule has 3 nitrogen and oxygen atoms in total. The Morgan fingerprint density at radius 1 is 1.29 bits per heavy atom. The Balaban J connectivity index is 1.70. The van der Waals surface area contributed by atoms with Crippen molar-refractivity contribution in [3.05, 3.63) is 12.7 Å². The van der Waals surface area contributed by atoms with Gasteiger partial charge in [-0.3, -0.25) is 0 Å². The third-order valence-corrected chi connectivity index (χ3v) is 4.90. The average Bonchev–Trinajstić information content (AvgIpc) is 2.86. The molecule has 0 spiro atoms. The van der Waals surface area contributed by atoms with Crippen molar-refractivity contribution in [3.63, 3.8) is 0 Å². The number of ether oxygens (including phenoxy) is 2. The Bertz CT molecular complexity index is 338. The van der Waals surface area contributed by atoms with Gasteiger partial charge in [0.1, 0.15) is 6.10 Å². The van der Waals surface area contributed by atoms with Gasteiger partial charge in [0.15, 0.2) is 0 Å². The van der Waals surface area contributed by atoms with E-state index in [4.69, 9.17) is 9.47 Å². The molecule has 0 amide bonds. The van der Waals surface area contributed by atoms with Crippen molar-refractivity contribution in [2.75, 3.05) is 6.61 Å². The highest BCUT2D eigenvalue weighted by Crippen LogP contribution is 2.56. The van der Waals surface area contributed by atoms with E-state index in [0.717, 1.165) is 25.4 Å². The third-order valence-electron chi connectivity index (χ3n) is 4.90. The van der Waals surface area contributed by atoms with Gasteiger partial charge in [-0.1, -0.05) is 6.58 Å². The van der Waals surface area contributed by atoms with Crippen molar-refractivity contribution >= 4 is 5.97 Å². The molecular weight excluding hydrogens is 216 g/mol. The normalized spacial score (nSPS) is 47.6. The van der Waals surface area contributed by atoms with Gasteiger partial charge in [0, 0.05) is 6.08 Å². The molecule has 0 aromatic rings. The molecule has 6 atom stereocenters. The van der Waals surface area contributed by atoms with E-state index < -0.39 is 0 Å². The van der Waals surface area contributed by atoms with Crippen LogP contribution in [0.1, 0.15) is 26.2 Å². The molecule has 1 aliphatic heterocycles. The molecule has 3 heteroatoms. The van der Waals surface area contributed by atoms with Crippen molar-refractivity contribution in [1.82, 2.24) is 0 Å². The van der Waals surface area contributed by atoms with E-state index >= 15 is 0 Å². The van der Waals surface area contributed by atoms with E-state index in [9.17, 15) is 4.79 Å². The van der Waals surface area contributed by atoms with Crippen LogP contribution in [0.25, 0.3) is 0 Å². The summed E-state index contributed by atoms with van der Waals surface area (Å²) >= 11 is 0. The van der Waals surface area contributed by atoms with Crippen LogP contribution in [-0.4, -0.2) is 24.8 Å². The molecule has 17 heavy (non-hydrogen) atoms. The predicted octanol–water partition coefficient (Wildman–Crippen LogP) is 2.17. The van der Waals surface area contributed by atoms with E-state index in [-0.39, 0.29) is 12.1 Å². The third kappa shape index (κ3) is 1.81. The topological polar surface area (TPSA) is 35.5 Å². The fourth-order valence-electron chi connectivity index (χ4n) is 4.21. The Labute approximate surface area is 102 Å². The summed E-state index contributed by atoms with van der Waals surface area (Å²) in [5.41, 5.74) is 0. The molecule has 1 heterocycles. The van der Waals surface area contributed by atoms with Crippen molar-refractivity contribution in [2.24, 2.45) is 23.7 Å². The summed E-state index contributed by atoms with van der Waals surface area (Å²) in [5.74, 6) is 2.44. The standard InChI is InChI=1S/C14H20O3/c1-3-14(15)17-13-6-9-5-11(13)10-4-8(2)16-7-12(9)10/h3,8-13H,1,4-7H2,2H3. The SMILES string of the molecule is C=CC(=O)OC1CC2CC1C1CC(C)OCC21. The number of hydrogen-bond acceptors (Lipinski definition) is 3. The summed E-state index contributed by atoms with van der Waals surface area (Å²) in [6.45, 7) is 6.52. The summed E-state index contributed by atoms with van der Waals surface area (Å²) in [7, 11) is 0. The zero-order valence-electron chi connectivity index (χ0n) is 10.3. The molecule has 0 radical (unpaired) electrons. The van der Waals surface area contributed by atoms with Crippen molar-refractivity contribution < 1.29 is 14.3 Å². The van der Waals surface area contributed by atoms with Gasteiger partial charge in [0.25, 0.3) is 0 Å². The maximum absolute atomic E-state index is 11.3. The number of carbonyl (C=O) groups is 1. The van der Waals surface area contributed by atoms with Gasteiger partial charge >= 0.3 is 5.97 Å². The molecule has 3 rings (SSSR count). The molecule has 0 N–H and O–H groups in total. The lowest BCUT2D eigenvalue weighted by molar-refractivity contribution is -0.150. The quantitative estimate of drug-likeness (QED) is 0.544. The van der Waals surface area contributed by atoms with Crippen molar-refractivity contribution in [1.29, 1.82) is 0 Å². The molecule has 0 aromatic heterocycles. The molecule has 1 saturated heterocycles. The zero-order valence-corrected chi connectivity index (χ0v) is 10.3. The molecular formula is C14H20O3. The minimum Gasteiger partial charge on any atom is -0.459 e. The first-order valence-electron chi connectivity index (χ1n) is 6.63. The van der Waals surface area contributed by atoms with E-state index in [1.807, 2.05) is 0 Å². The van der Waals surface area contributed by atoms with Crippen molar-refractivity contribution in [2.45, 2.75) is 38.4 Å². The molecule has 6 unspecified atom stereocenters. The fourth-order valence-corrected chi connectivity index (χ4v) is 4.21. The largest absolute Gasteiger partial charge is 0.459 e. The van der Waals surface area contributed by atoms with Crippen LogP contribution < -0.4 is 0 Å². The maximum Gasteiger partial charge on any atom is 0.330 e. The van der Waals surface area contributed by atoms with Gasteiger partial charge in [-0.05, 0) is 49.9 Å². The van der Waals surface area contributed by atoms with Crippen LogP contribution in [0.4, 0.5) is 0 Å². The summed E-state index contributed by atoms with van der Waals surface area (Å²) in [5, 5.41) is 0. The number of rotatable bonds is 2. The van der Waals surface area contributed by atoms with Crippen LogP contribution >= 0.6 is 0 Å². The summed E-state index contributed by atoms with van der Waals surface area (Å²) in [6, 6.07) is 0. The number of esters is 1. The smallest absolute Gasteiger partial charge is 0.330 e. The maximum atomic E-state index is 11.3. The molecule has 94 valence electrons. The van der Waals surface area contributed by atoms with Crippen molar-refractivity contribution in [3.8, 4) is 0 Å². The van der Waals surface area contributed by atoms with E-state index in [1.165, 1.54) is 12.5 Å². The highest BCUT2D eigenvalue weighted by molar-refractivity contribution is 5.81. The summed E-state index contributed by atoms with van der Waals surface area (Å²) < 4.78 is 11.2. The van der Waals surface area contributed by atoms with E-state index in [2.05, 4.69) is 13.5 Å². The lowest BCUT2D eigenvalue weighted by Crippen LogP contribution is -2.41. The van der Waals surface area contributed by atoms with Gasteiger partial charge in [0.05, 0.1) is 12.7 Å². The van der Waals surface area contributed by atoms with Gasteiger partial charge < -0.3 is 9.47 Å². The van der Waals surface area contributed by atoms with E-state index in [1.54, 1.807) is 0 Å². The average molecular weight is 236 g/mol. The first-order valence-corrected chi connectivity index (χ1v) is 6.63. The second kappa shape index (κ2) is 4.13. The van der Waals surface area contributed by atoms with Crippen LogP contribution in [0, 0.1) is 23.7 Å². The Morgan fingerprint density at radius 2 is 2.12 bits per heavy atom. The molecule has 2 aliphatic carbocycles. The lowest BCUT2D eigenvalue weighted by Gasteiger charge is -2.40. The van der Waals surface area contributed by atoms with Gasteiger partial charge in [-0.2, -0.15) is 0 Å².